The molecule has 16 heavy (non-hydrogen) atoms. The fraction of sp³-hybridized carbons (Fsp3) is 0.571. The van der Waals surface area contributed by atoms with Gasteiger partial charge in [0.25, 0.3) is 0 Å². The van der Waals surface area contributed by atoms with E-state index in [-0.39, 0.29) is 0 Å². The van der Waals surface area contributed by atoms with Gasteiger partial charge in [-0.15, -0.1) is 0 Å². The average Bonchev–Trinajstić information content (AvgIpc) is 2.54. The molecule has 2 atom stereocenters. The van der Waals surface area contributed by atoms with Crippen molar-refractivity contribution in [2.45, 2.75) is 25.7 Å². The first-order valence-electron chi connectivity index (χ1n) is 6.21. The number of hydrogen-bond donors (Lipinski definition) is 1. The van der Waals surface area contributed by atoms with Gasteiger partial charge in [0.1, 0.15) is 0 Å². The van der Waals surface area contributed by atoms with Crippen LogP contribution in [0.15, 0.2) is 24.3 Å². The highest BCUT2D eigenvalue weighted by molar-refractivity contribution is 6.30. The Bertz CT molecular complexity index is 386. The lowest BCUT2D eigenvalue weighted by Gasteiger charge is -2.34. The summed E-state index contributed by atoms with van der Waals surface area (Å²) in [6.45, 7) is 2.42. The van der Waals surface area contributed by atoms with Crippen LogP contribution in [0.5, 0.6) is 0 Å². The van der Waals surface area contributed by atoms with Crippen LogP contribution in [0.3, 0.4) is 0 Å². The molecule has 2 unspecified atom stereocenters. The Morgan fingerprint density at radius 1 is 1.44 bits per heavy atom. The van der Waals surface area contributed by atoms with Crippen molar-refractivity contribution in [3.8, 4) is 0 Å². The van der Waals surface area contributed by atoms with Gasteiger partial charge in [0, 0.05) is 11.6 Å². The van der Waals surface area contributed by atoms with Gasteiger partial charge in [0.2, 0.25) is 0 Å². The van der Waals surface area contributed by atoms with Crippen LogP contribution < -0.4 is 5.32 Å². The molecule has 1 nitrogen and oxygen atoms in total. The summed E-state index contributed by atoms with van der Waals surface area (Å²) < 4.78 is 0. The number of hydrogen-bond acceptors (Lipinski definition) is 1. The second kappa shape index (κ2) is 4.05. The van der Waals surface area contributed by atoms with Crippen molar-refractivity contribution < 1.29 is 0 Å². The van der Waals surface area contributed by atoms with E-state index >= 15 is 0 Å². The van der Waals surface area contributed by atoms with Gasteiger partial charge in [0.15, 0.2) is 0 Å². The zero-order chi connectivity index (χ0) is 11.0. The Kier molecular flexibility index (Phi) is 2.68. The first-order chi connectivity index (χ1) is 7.76. The molecule has 2 aliphatic rings. The van der Waals surface area contributed by atoms with E-state index in [1.807, 2.05) is 6.07 Å². The summed E-state index contributed by atoms with van der Waals surface area (Å²) in [6, 6.07) is 8.36. The number of fused-ring (bicyclic) bond motifs is 2. The molecule has 1 saturated heterocycles. The van der Waals surface area contributed by atoms with E-state index in [1.54, 1.807) is 0 Å². The standard InChI is InChI=1S/C14H18ClN/c15-13-3-1-2-11(6-13)7-14-5-4-12(8-14)9-16-10-14/h1-3,6,12,16H,4-5,7-10H2. The Morgan fingerprint density at radius 3 is 3.25 bits per heavy atom. The molecule has 0 aromatic heterocycles. The van der Waals surface area contributed by atoms with Crippen molar-refractivity contribution in [2.75, 3.05) is 13.1 Å². The minimum atomic E-state index is 0.521. The minimum Gasteiger partial charge on any atom is -0.316 e. The van der Waals surface area contributed by atoms with Gasteiger partial charge in [-0.2, -0.15) is 0 Å². The van der Waals surface area contributed by atoms with E-state index in [4.69, 9.17) is 11.6 Å². The van der Waals surface area contributed by atoms with Crippen LogP contribution in [-0.4, -0.2) is 13.1 Å². The molecular weight excluding hydrogens is 218 g/mol. The third-order valence-electron chi connectivity index (χ3n) is 4.21. The molecule has 1 aromatic carbocycles. The average molecular weight is 236 g/mol. The second-order valence-electron chi connectivity index (χ2n) is 5.55. The number of halogens is 1. The highest BCUT2D eigenvalue weighted by Gasteiger charge is 2.41. The molecule has 1 aliphatic heterocycles. The maximum Gasteiger partial charge on any atom is 0.0408 e. The summed E-state index contributed by atoms with van der Waals surface area (Å²) in [7, 11) is 0. The van der Waals surface area contributed by atoms with Crippen LogP contribution in [0.1, 0.15) is 24.8 Å². The molecule has 2 heteroatoms. The molecule has 2 bridgehead atoms. The lowest BCUT2D eigenvalue weighted by molar-refractivity contribution is 0.229. The van der Waals surface area contributed by atoms with Gasteiger partial charge < -0.3 is 5.32 Å². The summed E-state index contributed by atoms with van der Waals surface area (Å²) in [5.41, 5.74) is 1.92. The zero-order valence-corrected chi connectivity index (χ0v) is 10.3. The molecule has 2 fully saturated rings. The Hall–Kier alpha value is -0.530. The first-order valence-corrected chi connectivity index (χ1v) is 6.59. The fourth-order valence-electron chi connectivity index (χ4n) is 3.51. The Balaban J connectivity index is 1.79. The van der Waals surface area contributed by atoms with E-state index in [2.05, 4.69) is 23.5 Å². The molecule has 1 saturated carbocycles. The van der Waals surface area contributed by atoms with Gasteiger partial charge in [-0.05, 0) is 61.3 Å². The second-order valence-corrected chi connectivity index (χ2v) is 5.98. The molecule has 1 N–H and O–H groups in total. The Morgan fingerprint density at radius 2 is 2.38 bits per heavy atom. The van der Waals surface area contributed by atoms with E-state index in [1.165, 1.54) is 44.3 Å². The molecule has 0 radical (unpaired) electrons. The van der Waals surface area contributed by atoms with Gasteiger partial charge in [-0.1, -0.05) is 23.7 Å². The van der Waals surface area contributed by atoms with Crippen molar-refractivity contribution in [1.82, 2.24) is 5.32 Å². The van der Waals surface area contributed by atoms with Gasteiger partial charge in [-0.25, -0.2) is 0 Å². The molecule has 1 aromatic rings. The molecule has 0 spiro atoms. The van der Waals surface area contributed by atoms with Crippen molar-refractivity contribution >= 4 is 11.6 Å². The lowest BCUT2D eigenvalue weighted by atomic mass is 9.77. The molecule has 86 valence electrons. The van der Waals surface area contributed by atoms with E-state index in [0.29, 0.717) is 5.41 Å². The Labute approximate surface area is 102 Å². The SMILES string of the molecule is Clc1cccc(CC23CCC(CNC2)C3)c1. The lowest BCUT2D eigenvalue weighted by Crippen LogP contribution is -2.40. The van der Waals surface area contributed by atoms with Gasteiger partial charge >= 0.3 is 0 Å². The summed E-state index contributed by atoms with van der Waals surface area (Å²) in [4.78, 5) is 0. The quantitative estimate of drug-likeness (QED) is 0.830. The summed E-state index contributed by atoms with van der Waals surface area (Å²) in [5.74, 6) is 0.924. The maximum atomic E-state index is 6.05. The van der Waals surface area contributed by atoms with Crippen LogP contribution in [0.2, 0.25) is 5.02 Å². The topological polar surface area (TPSA) is 12.0 Å². The largest absolute Gasteiger partial charge is 0.316 e. The van der Waals surface area contributed by atoms with Gasteiger partial charge in [-0.3, -0.25) is 0 Å². The molecule has 1 aliphatic carbocycles. The van der Waals surface area contributed by atoms with E-state index < -0.39 is 0 Å². The van der Waals surface area contributed by atoms with E-state index in [0.717, 1.165) is 10.9 Å². The minimum absolute atomic E-state index is 0.521. The monoisotopic (exact) mass is 235 g/mol. The number of rotatable bonds is 2. The third kappa shape index (κ3) is 1.99. The predicted molar refractivity (Wildman–Crippen MR) is 67.8 cm³/mol. The van der Waals surface area contributed by atoms with Gasteiger partial charge in [0.05, 0.1) is 0 Å². The van der Waals surface area contributed by atoms with Crippen molar-refractivity contribution in [3.05, 3.63) is 34.9 Å². The fourth-order valence-corrected chi connectivity index (χ4v) is 3.72. The van der Waals surface area contributed by atoms with Crippen LogP contribution in [0.4, 0.5) is 0 Å². The zero-order valence-electron chi connectivity index (χ0n) is 9.51. The maximum absolute atomic E-state index is 6.05. The van der Waals surface area contributed by atoms with Crippen LogP contribution in [-0.2, 0) is 6.42 Å². The van der Waals surface area contributed by atoms with Crippen molar-refractivity contribution in [3.63, 3.8) is 0 Å². The van der Waals surface area contributed by atoms with Crippen molar-refractivity contribution in [1.29, 1.82) is 0 Å². The summed E-state index contributed by atoms with van der Waals surface area (Å²) in [6.07, 6.45) is 5.40. The third-order valence-corrected chi connectivity index (χ3v) is 4.44. The normalized spacial score (nSPS) is 32.9. The molecular formula is C14H18ClN. The van der Waals surface area contributed by atoms with Crippen LogP contribution in [0.25, 0.3) is 0 Å². The smallest absolute Gasteiger partial charge is 0.0408 e. The molecule has 1 heterocycles. The molecule has 3 rings (SSSR count). The van der Waals surface area contributed by atoms with E-state index in [9.17, 15) is 0 Å². The number of nitrogens with one attached hydrogen (secondary N) is 1. The first kappa shape index (κ1) is 10.6. The number of piperidine rings is 1. The van der Waals surface area contributed by atoms with Crippen molar-refractivity contribution in [2.24, 2.45) is 11.3 Å². The summed E-state index contributed by atoms with van der Waals surface area (Å²) in [5, 5.41) is 4.46. The number of benzene rings is 1. The predicted octanol–water partition coefficient (Wildman–Crippen LogP) is 3.27. The van der Waals surface area contributed by atoms with Crippen LogP contribution >= 0.6 is 11.6 Å². The summed E-state index contributed by atoms with van der Waals surface area (Å²) >= 11 is 6.05. The highest BCUT2D eigenvalue weighted by atomic mass is 35.5. The molecule has 0 amide bonds. The highest BCUT2D eigenvalue weighted by Crippen LogP contribution is 2.46. The van der Waals surface area contributed by atoms with Crippen LogP contribution in [0, 0.1) is 11.3 Å².